The third-order valence-corrected chi connectivity index (χ3v) is 0.167. The summed E-state index contributed by atoms with van der Waals surface area (Å²) in [6.45, 7) is -0.389. The predicted octanol–water partition coefficient (Wildman–Crippen LogP) is -2.86. The van der Waals surface area contributed by atoms with Gasteiger partial charge in [0.15, 0.2) is 0 Å². The minimum absolute atomic E-state index is 0. The van der Waals surface area contributed by atoms with Gasteiger partial charge in [0.2, 0.25) is 0 Å². The summed E-state index contributed by atoms with van der Waals surface area (Å²) in [5.41, 5.74) is 4.51. The van der Waals surface area contributed by atoms with E-state index in [1.165, 1.54) is 0 Å². The summed E-state index contributed by atoms with van der Waals surface area (Å²) in [6.07, 6.45) is 0. The molecule has 0 aliphatic heterocycles. The van der Waals surface area contributed by atoms with Crippen molar-refractivity contribution in [3.63, 3.8) is 0 Å². The maximum atomic E-state index is 9.13. The third kappa shape index (κ3) is 20.5. The summed E-state index contributed by atoms with van der Waals surface area (Å²) >= 11 is 0. The van der Waals surface area contributed by atoms with Crippen molar-refractivity contribution in [2.24, 2.45) is 5.73 Å². The Morgan fingerprint density at radius 2 is 1.86 bits per heavy atom. The van der Waals surface area contributed by atoms with Gasteiger partial charge in [-0.3, -0.25) is 0 Å². The van der Waals surface area contributed by atoms with Crippen LogP contribution < -0.4 is 10.8 Å². The molecule has 0 saturated heterocycles. The standard InChI is InChI=1S/C2H5NO2.Ca.H2O/c3-1-2(4)5;;/h1,3H2,(H,4,5);;1H2/q;+2;/p-2. The first-order valence-electron chi connectivity index (χ1n) is 1.17. The van der Waals surface area contributed by atoms with Crippen LogP contribution in [0.2, 0.25) is 0 Å². The third-order valence-electron chi connectivity index (χ3n) is 0.167. The van der Waals surface area contributed by atoms with E-state index in [1.54, 1.807) is 0 Å². The Hall–Kier alpha value is 0.650. The zero-order valence-electron chi connectivity index (χ0n) is 3.76. The Morgan fingerprint density at radius 3 is 1.86 bits per heavy atom. The van der Waals surface area contributed by atoms with Crippen molar-refractivity contribution in [1.82, 2.24) is 0 Å². The molecule has 0 heterocycles. The van der Waals surface area contributed by atoms with Crippen LogP contribution in [-0.2, 0) is 4.79 Å². The fraction of sp³-hybridized carbons (Fsp3) is 0.500. The van der Waals surface area contributed by atoms with Gasteiger partial charge in [-0.15, -0.1) is 0 Å². The number of hydrogen-bond donors (Lipinski definition) is 1. The first-order valence-corrected chi connectivity index (χ1v) is 1.17. The fourth-order valence-electron chi connectivity index (χ4n) is 0. The van der Waals surface area contributed by atoms with E-state index in [2.05, 4.69) is 5.73 Å². The zero-order chi connectivity index (χ0) is 4.28. The average molecular weight is 131 g/mol. The molecule has 7 heavy (non-hydrogen) atoms. The Bertz CT molecular complexity index is 48.2. The van der Waals surface area contributed by atoms with E-state index in [-0.39, 0.29) is 49.8 Å². The Balaban J connectivity index is -0.0000000800. The summed E-state index contributed by atoms with van der Waals surface area (Å²) in [5.74, 6) is -1.22. The summed E-state index contributed by atoms with van der Waals surface area (Å²) in [6, 6.07) is 0. The average Bonchev–Trinajstić information content (AvgIpc) is 1.38. The first kappa shape index (κ1) is 15.6. The molecule has 38 valence electrons. The minimum atomic E-state index is -1.22. The molecule has 0 radical (unpaired) electrons. The second-order valence-corrected chi connectivity index (χ2v) is 0.576. The van der Waals surface area contributed by atoms with Gasteiger partial charge in [-0.2, -0.15) is 0 Å². The SMILES string of the molecule is NCC(=O)[O-].[Ca+2].[OH-]. The molecule has 0 aliphatic carbocycles. The number of hydrogen-bond acceptors (Lipinski definition) is 4. The fourth-order valence-corrected chi connectivity index (χ4v) is 0. The van der Waals surface area contributed by atoms with Crippen molar-refractivity contribution in [1.29, 1.82) is 0 Å². The summed E-state index contributed by atoms with van der Waals surface area (Å²) < 4.78 is 0. The van der Waals surface area contributed by atoms with E-state index in [0.717, 1.165) is 0 Å². The van der Waals surface area contributed by atoms with E-state index < -0.39 is 5.97 Å². The van der Waals surface area contributed by atoms with Crippen LogP contribution in [0.25, 0.3) is 0 Å². The number of carboxylic acids is 1. The van der Waals surface area contributed by atoms with Crippen molar-refractivity contribution in [3.05, 3.63) is 0 Å². The summed E-state index contributed by atoms with van der Waals surface area (Å²) in [5, 5.41) is 9.13. The van der Waals surface area contributed by atoms with E-state index in [1.807, 2.05) is 0 Å². The number of nitrogens with two attached hydrogens (primary N) is 1. The molecule has 3 N–H and O–H groups in total. The molecular formula is C2H5CaNO3. The van der Waals surface area contributed by atoms with Crippen LogP contribution >= 0.6 is 0 Å². The number of aliphatic carboxylic acids is 1. The van der Waals surface area contributed by atoms with Crippen molar-refractivity contribution < 1.29 is 15.4 Å². The molecule has 0 aromatic rings. The molecule has 4 nitrogen and oxygen atoms in total. The van der Waals surface area contributed by atoms with Gasteiger partial charge in [0, 0.05) is 6.54 Å². The first-order chi connectivity index (χ1) is 2.27. The zero-order valence-corrected chi connectivity index (χ0v) is 5.96. The molecule has 0 amide bonds. The van der Waals surface area contributed by atoms with E-state index in [9.17, 15) is 0 Å². The smallest absolute Gasteiger partial charge is 0.870 e. The van der Waals surface area contributed by atoms with Crippen molar-refractivity contribution in [2.75, 3.05) is 6.54 Å². The second kappa shape index (κ2) is 9.82. The quantitative estimate of drug-likeness (QED) is 0.387. The largest absolute Gasteiger partial charge is 2.00 e. The van der Waals surface area contributed by atoms with E-state index in [4.69, 9.17) is 9.90 Å². The van der Waals surface area contributed by atoms with Gasteiger partial charge in [-0.25, -0.2) is 0 Å². The number of carbonyl (C=O) groups is 1. The van der Waals surface area contributed by atoms with Crippen LogP contribution in [0, 0.1) is 0 Å². The van der Waals surface area contributed by atoms with Crippen LogP contribution in [0.15, 0.2) is 0 Å². The van der Waals surface area contributed by atoms with Crippen LogP contribution in [-0.4, -0.2) is 55.7 Å². The summed E-state index contributed by atoms with van der Waals surface area (Å²) in [7, 11) is 0. The monoisotopic (exact) mass is 131 g/mol. The molecule has 0 fully saturated rings. The van der Waals surface area contributed by atoms with Crippen LogP contribution in [0.3, 0.4) is 0 Å². The molecule has 0 saturated carbocycles. The molecule has 0 bridgehead atoms. The van der Waals surface area contributed by atoms with Crippen LogP contribution in [0.1, 0.15) is 0 Å². The predicted molar refractivity (Wildman–Crippen MR) is 21.8 cm³/mol. The topological polar surface area (TPSA) is 96.2 Å². The van der Waals surface area contributed by atoms with E-state index in [0.29, 0.717) is 0 Å². The molecule has 0 aromatic carbocycles. The van der Waals surface area contributed by atoms with E-state index >= 15 is 0 Å². The van der Waals surface area contributed by atoms with Gasteiger partial charge in [0.25, 0.3) is 0 Å². The van der Waals surface area contributed by atoms with Gasteiger partial charge in [-0.1, -0.05) is 0 Å². The van der Waals surface area contributed by atoms with Crippen molar-refractivity contribution >= 4 is 43.7 Å². The van der Waals surface area contributed by atoms with Gasteiger partial charge in [-0.05, 0) is 0 Å². The molecule has 0 rings (SSSR count). The Morgan fingerprint density at radius 1 is 1.71 bits per heavy atom. The normalized spacial score (nSPS) is 5.29. The molecule has 5 heteroatoms. The number of carbonyl (C=O) groups excluding carboxylic acids is 1. The molecular weight excluding hydrogens is 126 g/mol. The maximum Gasteiger partial charge on any atom is 2.00 e. The summed E-state index contributed by atoms with van der Waals surface area (Å²) in [4.78, 5) is 9.13. The van der Waals surface area contributed by atoms with Crippen molar-refractivity contribution in [3.8, 4) is 0 Å². The second-order valence-electron chi connectivity index (χ2n) is 0.576. The van der Waals surface area contributed by atoms with Gasteiger partial charge < -0.3 is 21.1 Å². The number of rotatable bonds is 1. The maximum absolute atomic E-state index is 9.13. The minimum Gasteiger partial charge on any atom is -0.870 e. The molecule has 0 unspecified atom stereocenters. The molecule has 0 aliphatic rings. The van der Waals surface area contributed by atoms with Gasteiger partial charge in [0.1, 0.15) is 0 Å². The molecule has 0 atom stereocenters. The van der Waals surface area contributed by atoms with Gasteiger partial charge in [0.05, 0.1) is 5.97 Å². The number of carboxylic acid groups (broad SMARTS) is 1. The Labute approximate surface area is 71.0 Å². The van der Waals surface area contributed by atoms with Crippen molar-refractivity contribution in [2.45, 2.75) is 0 Å². The van der Waals surface area contributed by atoms with Crippen LogP contribution in [0.5, 0.6) is 0 Å². The molecule has 0 aromatic heterocycles. The van der Waals surface area contributed by atoms with Crippen LogP contribution in [0.4, 0.5) is 0 Å². The Kier molecular flexibility index (Phi) is 21.9. The van der Waals surface area contributed by atoms with Gasteiger partial charge >= 0.3 is 37.7 Å². The molecule has 0 spiro atoms.